The van der Waals surface area contributed by atoms with Crippen LogP contribution >= 0.6 is 0 Å². The van der Waals surface area contributed by atoms with Crippen molar-refractivity contribution >= 4 is 11.8 Å². The van der Waals surface area contributed by atoms with E-state index in [1.807, 2.05) is 0 Å². The molecule has 0 spiro atoms. The standard InChI is InChI=1S/C11H19F3N2O2/c1-8(2)5-9(17)16(7-11(12,13)14)6-10(18)15(3)4/h8H,5-7H2,1-4H3. The summed E-state index contributed by atoms with van der Waals surface area (Å²) in [7, 11) is 2.86. The smallest absolute Gasteiger partial charge is 0.347 e. The minimum atomic E-state index is -4.50. The first-order valence-electron chi connectivity index (χ1n) is 5.57. The Kier molecular flexibility index (Phi) is 6.14. The summed E-state index contributed by atoms with van der Waals surface area (Å²) in [6.45, 7) is 1.53. The normalized spacial score (nSPS) is 11.6. The fourth-order valence-corrected chi connectivity index (χ4v) is 1.23. The van der Waals surface area contributed by atoms with Crippen molar-refractivity contribution in [3.63, 3.8) is 0 Å². The highest BCUT2D eigenvalue weighted by Gasteiger charge is 2.34. The number of carbonyl (C=O) groups excluding carboxylic acids is 2. The molecule has 0 heterocycles. The fraction of sp³-hybridized carbons (Fsp3) is 0.818. The molecule has 106 valence electrons. The van der Waals surface area contributed by atoms with Gasteiger partial charge < -0.3 is 9.80 Å². The summed E-state index contributed by atoms with van der Waals surface area (Å²) >= 11 is 0. The van der Waals surface area contributed by atoms with Crippen molar-refractivity contribution in [2.75, 3.05) is 27.2 Å². The van der Waals surface area contributed by atoms with Gasteiger partial charge in [-0.3, -0.25) is 9.59 Å². The molecule has 0 aromatic heterocycles. The van der Waals surface area contributed by atoms with Gasteiger partial charge in [-0.15, -0.1) is 0 Å². The first kappa shape index (κ1) is 16.7. The minimum absolute atomic E-state index is 0.00319. The average molecular weight is 268 g/mol. The Balaban J connectivity index is 4.72. The van der Waals surface area contributed by atoms with Gasteiger partial charge >= 0.3 is 6.18 Å². The van der Waals surface area contributed by atoms with Gasteiger partial charge in [0.05, 0.1) is 0 Å². The lowest BCUT2D eigenvalue weighted by molar-refractivity contribution is -0.164. The van der Waals surface area contributed by atoms with Crippen LogP contribution < -0.4 is 0 Å². The van der Waals surface area contributed by atoms with E-state index in [-0.39, 0.29) is 12.3 Å². The van der Waals surface area contributed by atoms with Crippen LogP contribution in [0.4, 0.5) is 13.2 Å². The predicted molar refractivity (Wildman–Crippen MR) is 60.8 cm³/mol. The molecule has 0 aliphatic rings. The summed E-state index contributed by atoms with van der Waals surface area (Å²) in [5.74, 6) is -1.24. The number of nitrogens with zero attached hydrogens (tertiary/aromatic N) is 2. The Morgan fingerprint density at radius 3 is 1.94 bits per heavy atom. The lowest BCUT2D eigenvalue weighted by Crippen LogP contribution is -2.45. The van der Waals surface area contributed by atoms with Crippen molar-refractivity contribution in [1.82, 2.24) is 9.80 Å². The molecular formula is C11H19F3N2O2. The molecule has 2 amide bonds. The lowest BCUT2D eigenvalue weighted by atomic mass is 10.1. The van der Waals surface area contributed by atoms with Crippen molar-refractivity contribution in [2.24, 2.45) is 5.92 Å². The molecular weight excluding hydrogens is 249 g/mol. The Labute approximate surface area is 105 Å². The van der Waals surface area contributed by atoms with E-state index in [9.17, 15) is 22.8 Å². The number of carbonyl (C=O) groups is 2. The first-order valence-corrected chi connectivity index (χ1v) is 5.57. The van der Waals surface area contributed by atoms with Crippen LogP contribution in [0.2, 0.25) is 0 Å². The molecule has 0 aliphatic carbocycles. The van der Waals surface area contributed by atoms with E-state index in [4.69, 9.17) is 0 Å². The molecule has 0 saturated carbocycles. The zero-order valence-electron chi connectivity index (χ0n) is 11.0. The molecule has 0 radical (unpaired) electrons. The molecule has 0 rings (SSSR count). The van der Waals surface area contributed by atoms with Crippen LogP contribution in [0.15, 0.2) is 0 Å². The van der Waals surface area contributed by atoms with E-state index in [0.717, 1.165) is 4.90 Å². The van der Waals surface area contributed by atoms with E-state index in [1.165, 1.54) is 14.1 Å². The third-order valence-electron chi connectivity index (χ3n) is 2.13. The second-order valence-electron chi connectivity index (χ2n) is 4.75. The molecule has 4 nitrogen and oxygen atoms in total. The molecule has 0 aliphatic heterocycles. The van der Waals surface area contributed by atoms with Gasteiger partial charge in [-0.05, 0) is 5.92 Å². The van der Waals surface area contributed by atoms with E-state index < -0.39 is 31.1 Å². The topological polar surface area (TPSA) is 40.6 Å². The highest BCUT2D eigenvalue weighted by Crippen LogP contribution is 2.18. The molecule has 0 N–H and O–H groups in total. The summed E-state index contributed by atoms with van der Waals surface area (Å²) in [4.78, 5) is 24.8. The Bertz CT molecular complexity index is 301. The van der Waals surface area contributed by atoms with Gasteiger partial charge in [0.25, 0.3) is 0 Å². The first-order chi connectivity index (χ1) is 8.03. The number of hydrogen-bond acceptors (Lipinski definition) is 2. The Hall–Kier alpha value is -1.27. The molecule has 18 heavy (non-hydrogen) atoms. The van der Waals surface area contributed by atoms with Crippen molar-refractivity contribution in [2.45, 2.75) is 26.4 Å². The summed E-state index contributed by atoms with van der Waals surface area (Å²) in [6.07, 6.45) is -4.50. The third-order valence-corrected chi connectivity index (χ3v) is 2.13. The zero-order chi connectivity index (χ0) is 14.5. The highest BCUT2D eigenvalue weighted by atomic mass is 19.4. The summed E-state index contributed by atoms with van der Waals surface area (Å²) in [5, 5.41) is 0. The van der Waals surface area contributed by atoms with Gasteiger partial charge in [0.2, 0.25) is 11.8 Å². The second kappa shape index (κ2) is 6.61. The van der Waals surface area contributed by atoms with Gasteiger partial charge in [-0.25, -0.2) is 0 Å². The number of amides is 2. The molecule has 0 aromatic rings. The molecule has 0 bridgehead atoms. The maximum Gasteiger partial charge on any atom is 0.406 e. The molecule has 0 aromatic carbocycles. The summed E-state index contributed by atoms with van der Waals surface area (Å²) < 4.78 is 37.0. The molecule has 0 atom stereocenters. The van der Waals surface area contributed by atoms with Crippen molar-refractivity contribution < 1.29 is 22.8 Å². The summed E-state index contributed by atoms with van der Waals surface area (Å²) in [6, 6.07) is 0. The van der Waals surface area contributed by atoms with Crippen molar-refractivity contribution in [1.29, 1.82) is 0 Å². The van der Waals surface area contributed by atoms with Crippen LogP contribution in [0.5, 0.6) is 0 Å². The van der Waals surface area contributed by atoms with E-state index >= 15 is 0 Å². The SMILES string of the molecule is CC(C)CC(=O)N(CC(=O)N(C)C)CC(F)(F)F. The minimum Gasteiger partial charge on any atom is -0.347 e. The van der Waals surface area contributed by atoms with Crippen LogP contribution in [0.25, 0.3) is 0 Å². The number of hydrogen-bond donors (Lipinski definition) is 0. The van der Waals surface area contributed by atoms with Crippen LogP contribution in [-0.2, 0) is 9.59 Å². The van der Waals surface area contributed by atoms with Gasteiger partial charge in [-0.2, -0.15) is 13.2 Å². The highest BCUT2D eigenvalue weighted by molar-refractivity contribution is 5.84. The maximum atomic E-state index is 12.3. The predicted octanol–water partition coefficient (Wildman–Crippen LogP) is 1.51. The van der Waals surface area contributed by atoms with Gasteiger partial charge in [0.1, 0.15) is 13.1 Å². The number of alkyl halides is 3. The number of likely N-dealkylation sites (N-methyl/N-ethyl adjacent to an activating group) is 1. The van der Waals surface area contributed by atoms with E-state index in [2.05, 4.69) is 0 Å². The average Bonchev–Trinajstić information content (AvgIpc) is 2.12. The molecule has 0 saturated heterocycles. The van der Waals surface area contributed by atoms with E-state index in [1.54, 1.807) is 13.8 Å². The number of rotatable bonds is 5. The largest absolute Gasteiger partial charge is 0.406 e. The van der Waals surface area contributed by atoms with Gasteiger partial charge in [0.15, 0.2) is 0 Å². The summed E-state index contributed by atoms with van der Waals surface area (Å²) in [5.41, 5.74) is 0. The Morgan fingerprint density at radius 1 is 1.11 bits per heavy atom. The van der Waals surface area contributed by atoms with Crippen molar-refractivity contribution in [3.8, 4) is 0 Å². The quantitative estimate of drug-likeness (QED) is 0.758. The second-order valence-corrected chi connectivity index (χ2v) is 4.75. The van der Waals surface area contributed by atoms with E-state index in [0.29, 0.717) is 4.90 Å². The van der Waals surface area contributed by atoms with Crippen LogP contribution in [0, 0.1) is 5.92 Å². The third kappa shape index (κ3) is 7.13. The molecule has 0 unspecified atom stereocenters. The monoisotopic (exact) mass is 268 g/mol. The lowest BCUT2D eigenvalue weighted by Gasteiger charge is -2.25. The van der Waals surface area contributed by atoms with Crippen LogP contribution in [0.1, 0.15) is 20.3 Å². The fourth-order valence-electron chi connectivity index (χ4n) is 1.23. The van der Waals surface area contributed by atoms with Crippen LogP contribution in [-0.4, -0.2) is 55.0 Å². The number of halogens is 3. The molecule has 0 fully saturated rings. The van der Waals surface area contributed by atoms with Crippen LogP contribution in [0.3, 0.4) is 0 Å². The maximum absolute atomic E-state index is 12.3. The van der Waals surface area contributed by atoms with Gasteiger partial charge in [0, 0.05) is 20.5 Å². The molecule has 7 heteroatoms. The zero-order valence-corrected chi connectivity index (χ0v) is 11.0. The van der Waals surface area contributed by atoms with Crippen molar-refractivity contribution in [3.05, 3.63) is 0 Å². The van der Waals surface area contributed by atoms with Gasteiger partial charge in [-0.1, -0.05) is 13.8 Å². The Morgan fingerprint density at radius 2 is 1.61 bits per heavy atom.